The first-order valence-electron chi connectivity index (χ1n) is 8.49. The Balaban J connectivity index is 2.12. The maximum Gasteiger partial charge on any atom is 0.253 e. The number of amides is 2. The topological polar surface area (TPSA) is 49.4 Å². The minimum absolute atomic E-state index is 0.0420. The van der Waals surface area contributed by atoms with Crippen molar-refractivity contribution in [3.63, 3.8) is 0 Å². The van der Waals surface area contributed by atoms with Gasteiger partial charge in [-0.1, -0.05) is 49.2 Å². The number of nitrogens with one attached hydrogen (secondary N) is 1. The first-order chi connectivity index (χ1) is 11.8. The van der Waals surface area contributed by atoms with Crippen LogP contribution in [0.25, 0.3) is 0 Å². The van der Waals surface area contributed by atoms with Crippen LogP contribution in [0.1, 0.15) is 43.5 Å². The number of halogens is 2. The van der Waals surface area contributed by atoms with Crippen molar-refractivity contribution >= 4 is 35.0 Å². The molecule has 1 aliphatic heterocycles. The van der Waals surface area contributed by atoms with Gasteiger partial charge < -0.3 is 10.2 Å². The summed E-state index contributed by atoms with van der Waals surface area (Å²) in [7, 11) is 0. The highest BCUT2D eigenvalue weighted by atomic mass is 35.5. The Morgan fingerprint density at radius 3 is 2.44 bits per heavy atom. The van der Waals surface area contributed by atoms with Crippen molar-refractivity contribution in [2.45, 2.75) is 39.2 Å². The van der Waals surface area contributed by atoms with Crippen LogP contribution in [0.15, 0.2) is 30.4 Å². The van der Waals surface area contributed by atoms with Crippen molar-refractivity contribution in [2.24, 2.45) is 5.92 Å². The lowest BCUT2D eigenvalue weighted by atomic mass is 9.99. The molecule has 1 aromatic carbocycles. The van der Waals surface area contributed by atoms with Crippen LogP contribution >= 0.6 is 23.2 Å². The second-order valence-electron chi connectivity index (χ2n) is 6.86. The predicted octanol–water partition coefficient (Wildman–Crippen LogP) is 4.32. The molecule has 6 heteroatoms. The lowest BCUT2D eigenvalue weighted by Gasteiger charge is -2.32. The SMILES string of the molecule is C=C1CCN(C(=O)C(CC(C)C)NC(=O)c2ccc(Cl)cc2Cl)CC1. The first kappa shape index (κ1) is 19.8. The fraction of sp³-hybridized carbons (Fsp3) is 0.474. The molecular formula is C19H24Cl2N2O2. The van der Waals surface area contributed by atoms with E-state index in [1.165, 1.54) is 11.6 Å². The average Bonchev–Trinajstić information content (AvgIpc) is 2.53. The lowest BCUT2D eigenvalue weighted by molar-refractivity contribution is -0.134. The van der Waals surface area contributed by atoms with E-state index in [4.69, 9.17) is 23.2 Å². The first-order valence-corrected chi connectivity index (χ1v) is 9.25. The van der Waals surface area contributed by atoms with Gasteiger partial charge in [0.05, 0.1) is 10.6 Å². The van der Waals surface area contributed by atoms with E-state index in [9.17, 15) is 9.59 Å². The monoisotopic (exact) mass is 382 g/mol. The molecule has 1 heterocycles. The van der Waals surface area contributed by atoms with E-state index in [-0.39, 0.29) is 22.8 Å². The maximum absolute atomic E-state index is 12.9. The van der Waals surface area contributed by atoms with Gasteiger partial charge in [0.15, 0.2) is 0 Å². The molecule has 0 bridgehead atoms. The summed E-state index contributed by atoms with van der Waals surface area (Å²) in [5.41, 5.74) is 1.49. The Bertz CT molecular complexity index is 663. The third-order valence-corrected chi connectivity index (χ3v) is 4.82. The molecule has 136 valence electrons. The molecule has 1 aromatic rings. The second kappa shape index (κ2) is 8.72. The minimum atomic E-state index is -0.564. The third kappa shape index (κ3) is 5.48. The summed E-state index contributed by atoms with van der Waals surface area (Å²) in [6.45, 7) is 9.34. The number of carbonyl (C=O) groups excluding carboxylic acids is 2. The molecule has 1 saturated heterocycles. The zero-order chi connectivity index (χ0) is 18.6. The smallest absolute Gasteiger partial charge is 0.253 e. The molecule has 1 N–H and O–H groups in total. The summed E-state index contributed by atoms with van der Waals surface area (Å²) in [6.07, 6.45) is 2.21. The highest BCUT2D eigenvalue weighted by molar-refractivity contribution is 6.36. The van der Waals surface area contributed by atoms with E-state index in [2.05, 4.69) is 11.9 Å². The summed E-state index contributed by atoms with van der Waals surface area (Å²) in [6, 6.07) is 4.14. The number of likely N-dealkylation sites (tertiary alicyclic amines) is 1. The molecule has 2 amide bonds. The van der Waals surface area contributed by atoms with E-state index < -0.39 is 6.04 Å². The Kier molecular flexibility index (Phi) is 6.91. The molecule has 4 nitrogen and oxygen atoms in total. The zero-order valence-electron chi connectivity index (χ0n) is 14.6. The van der Waals surface area contributed by atoms with E-state index in [0.717, 1.165) is 12.8 Å². The van der Waals surface area contributed by atoms with Gasteiger partial charge in [-0.15, -0.1) is 0 Å². The molecule has 0 aliphatic carbocycles. The summed E-state index contributed by atoms with van der Waals surface area (Å²) in [5.74, 6) is -0.128. The van der Waals surface area contributed by atoms with Crippen molar-refractivity contribution < 1.29 is 9.59 Å². The fourth-order valence-electron chi connectivity index (χ4n) is 2.87. The van der Waals surface area contributed by atoms with Crippen LogP contribution in [0.4, 0.5) is 0 Å². The van der Waals surface area contributed by atoms with Gasteiger partial charge in [0, 0.05) is 18.1 Å². The molecule has 0 saturated carbocycles. The molecule has 1 atom stereocenters. The molecule has 1 unspecified atom stereocenters. The van der Waals surface area contributed by atoms with Crippen molar-refractivity contribution in [3.8, 4) is 0 Å². The third-order valence-electron chi connectivity index (χ3n) is 4.27. The van der Waals surface area contributed by atoms with Gasteiger partial charge in [-0.25, -0.2) is 0 Å². The number of benzene rings is 1. The van der Waals surface area contributed by atoms with Crippen molar-refractivity contribution in [1.82, 2.24) is 10.2 Å². The van der Waals surface area contributed by atoms with Gasteiger partial charge in [0.25, 0.3) is 5.91 Å². The van der Waals surface area contributed by atoms with Gasteiger partial charge in [0.1, 0.15) is 6.04 Å². The summed E-state index contributed by atoms with van der Waals surface area (Å²) in [5, 5.41) is 3.59. The van der Waals surface area contributed by atoms with Gasteiger partial charge in [-0.2, -0.15) is 0 Å². The summed E-state index contributed by atoms with van der Waals surface area (Å²) in [4.78, 5) is 27.3. The van der Waals surface area contributed by atoms with E-state index in [0.29, 0.717) is 30.1 Å². The van der Waals surface area contributed by atoms with Crippen LogP contribution in [0.3, 0.4) is 0 Å². The summed E-state index contributed by atoms with van der Waals surface area (Å²) >= 11 is 12.0. The quantitative estimate of drug-likeness (QED) is 0.770. The van der Waals surface area contributed by atoms with Crippen LogP contribution < -0.4 is 5.32 Å². The van der Waals surface area contributed by atoms with Gasteiger partial charge >= 0.3 is 0 Å². The van der Waals surface area contributed by atoms with Gasteiger partial charge in [-0.05, 0) is 43.4 Å². The molecule has 0 aromatic heterocycles. The van der Waals surface area contributed by atoms with Crippen molar-refractivity contribution in [1.29, 1.82) is 0 Å². The molecule has 0 spiro atoms. The van der Waals surface area contributed by atoms with Crippen molar-refractivity contribution in [3.05, 3.63) is 46.0 Å². The lowest BCUT2D eigenvalue weighted by Crippen LogP contribution is -2.50. The van der Waals surface area contributed by atoms with E-state index >= 15 is 0 Å². The molecular weight excluding hydrogens is 359 g/mol. The number of nitrogens with zero attached hydrogens (tertiary/aromatic N) is 1. The standard InChI is InChI=1S/C19H24Cl2N2O2/c1-12(2)10-17(19(25)23-8-6-13(3)7-9-23)22-18(24)15-5-4-14(20)11-16(15)21/h4-5,11-12,17H,3,6-10H2,1-2H3,(H,22,24). The Hall–Kier alpha value is -1.52. The summed E-state index contributed by atoms with van der Waals surface area (Å²) < 4.78 is 0. The second-order valence-corrected chi connectivity index (χ2v) is 7.70. The highest BCUT2D eigenvalue weighted by Gasteiger charge is 2.28. The Morgan fingerprint density at radius 2 is 1.88 bits per heavy atom. The van der Waals surface area contributed by atoms with Gasteiger partial charge in [-0.3, -0.25) is 9.59 Å². The predicted molar refractivity (Wildman–Crippen MR) is 102 cm³/mol. The van der Waals surface area contributed by atoms with Crippen LogP contribution in [-0.4, -0.2) is 35.8 Å². The largest absolute Gasteiger partial charge is 0.340 e. The van der Waals surface area contributed by atoms with Crippen LogP contribution in [0, 0.1) is 5.92 Å². The highest BCUT2D eigenvalue weighted by Crippen LogP contribution is 2.22. The number of hydrogen-bond acceptors (Lipinski definition) is 2. The van der Waals surface area contributed by atoms with Gasteiger partial charge in [0.2, 0.25) is 5.91 Å². The average molecular weight is 383 g/mol. The van der Waals surface area contributed by atoms with Crippen molar-refractivity contribution in [2.75, 3.05) is 13.1 Å². The Labute approximate surface area is 159 Å². The van der Waals surface area contributed by atoms with Crippen LogP contribution in [-0.2, 0) is 4.79 Å². The van der Waals surface area contributed by atoms with E-state index in [1.807, 2.05) is 18.7 Å². The maximum atomic E-state index is 12.9. The number of rotatable bonds is 5. The zero-order valence-corrected chi connectivity index (χ0v) is 16.2. The molecule has 2 rings (SSSR count). The Morgan fingerprint density at radius 1 is 1.24 bits per heavy atom. The minimum Gasteiger partial charge on any atom is -0.340 e. The fourth-order valence-corrected chi connectivity index (χ4v) is 3.36. The molecule has 0 radical (unpaired) electrons. The molecule has 1 aliphatic rings. The molecule has 1 fully saturated rings. The molecule has 25 heavy (non-hydrogen) atoms. The number of carbonyl (C=O) groups is 2. The normalized spacial score (nSPS) is 16.0. The van der Waals surface area contributed by atoms with Crippen LogP contribution in [0.5, 0.6) is 0 Å². The van der Waals surface area contributed by atoms with Crippen LogP contribution in [0.2, 0.25) is 10.0 Å². The van der Waals surface area contributed by atoms with E-state index in [1.54, 1.807) is 12.1 Å². The number of hydrogen-bond donors (Lipinski definition) is 1. The number of piperidine rings is 1.